The Kier molecular flexibility index (Phi) is 8.87. The van der Waals surface area contributed by atoms with Crippen LogP contribution in [-0.2, 0) is 25.7 Å². The number of piperazine rings is 1. The summed E-state index contributed by atoms with van der Waals surface area (Å²) in [7, 11) is 2.12. The molecule has 9 nitrogen and oxygen atoms in total. The topological polar surface area (TPSA) is 91.4 Å². The molecule has 2 aliphatic heterocycles. The number of ether oxygens (including phenoxy) is 2. The van der Waals surface area contributed by atoms with Gasteiger partial charge < -0.3 is 24.6 Å². The van der Waals surface area contributed by atoms with Gasteiger partial charge in [-0.15, -0.1) is 0 Å². The zero-order chi connectivity index (χ0) is 22.9. The predicted octanol–water partition coefficient (Wildman–Crippen LogP) is 0.483. The van der Waals surface area contributed by atoms with Crippen molar-refractivity contribution in [3.05, 3.63) is 29.8 Å². The molecular formula is C23H34N4O5. The first-order chi connectivity index (χ1) is 15.5. The van der Waals surface area contributed by atoms with Gasteiger partial charge in [0.05, 0.1) is 0 Å². The molecule has 2 saturated heterocycles. The van der Waals surface area contributed by atoms with E-state index in [1.54, 1.807) is 0 Å². The first kappa shape index (κ1) is 24.0. The average molecular weight is 447 g/mol. The molecule has 2 aliphatic rings. The maximum Gasteiger partial charge on any atom is 0.312 e. The first-order valence-electron chi connectivity index (χ1n) is 11.3. The van der Waals surface area contributed by atoms with Crippen LogP contribution in [0.4, 0.5) is 0 Å². The summed E-state index contributed by atoms with van der Waals surface area (Å²) < 4.78 is 11.3. The molecule has 0 unspecified atom stereocenters. The lowest BCUT2D eigenvalue weighted by Crippen LogP contribution is -2.56. The fourth-order valence-electron chi connectivity index (χ4n) is 3.96. The largest absolute Gasteiger partial charge is 0.492 e. The van der Waals surface area contributed by atoms with E-state index in [0.29, 0.717) is 38.8 Å². The highest BCUT2D eigenvalue weighted by Gasteiger charge is 2.32. The summed E-state index contributed by atoms with van der Waals surface area (Å²) in [5, 5.41) is 2.82. The number of carbonyl (C=O) groups is 3. The van der Waals surface area contributed by atoms with Gasteiger partial charge in [-0.05, 0) is 44.5 Å². The first-order valence-corrected chi connectivity index (χ1v) is 11.3. The molecule has 1 N–H and O–H groups in total. The van der Waals surface area contributed by atoms with Gasteiger partial charge in [0.2, 0.25) is 5.91 Å². The Balaban J connectivity index is 1.40. The fourth-order valence-corrected chi connectivity index (χ4v) is 3.96. The molecule has 0 spiro atoms. The van der Waals surface area contributed by atoms with Gasteiger partial charge in [0.15, 0.2) is 0 Å². The third kappa shape index (κ3) is 6.67. The second kappa shape index (κ2) is 11.8. The van der Waals surface area contributed by atoms with E-state index in [1.165, 1.54) is 9.80 Å². The summed E-state index contributed by atoms with van der Waals surface area (Å²) in [4.78, 5) is 41.5. The molecule has 32 heavy (non-hydrogen) atoms. The summed E-state index contributed by atoms with van der Waals surface area (Å²) >= 11 is 0. The van der Waals surface area contributed by atoms with Gasteiger partial charge >= 0.3 is 11.8 Å². The molecular weight excluding hydrogens is 412 g/mol. The number of likely N-dealkylation sites (N-methyl/N-ethyl adjacent to an activating group) is 2. The molecule has 1 aromatic rings. The maximum atomic E-state index is 12.3. The minimum absolute atomic E-state index is 0.114. The van der Waals surface area contributed by atoms with Crippen molar-refractivity contribution in [2.24, 2.45) is 0 Å². The van der Waals surface area contributed by atoms with E-state index < -0.39 is 11.8 Å². The van der Waals surface area contributed by atoms with Crippen LogP contribution in [0, 0.1) is 0 Å². The van der Waals surface area contributed by atoms with E-state index in [2.05, 4.69) is 17.3 Å². The van der Waals surface area contributed by atoms with Crippen LogP contribution in [0.2, 0.25) is 0 Å². The zero-order valence-electron chi connectivity index (χ0n) is 19.0. The summed E-state index contributed by atoms with van der Waals surface area (Å²) in [6.45, 7) is 6.44. The Bertz CT molecular complexity index is 796. The van der Waals surface area contributed by atoms with Crippen molar-refractivity contribution in [3.8, 4) is 5.75 Å². The van der Waals surface area contributed by atoms with Gasteiger partial charge in [0.25, 0.3) is 0 Å². The van der Waals surface area contributed by atoms with Crippen LogP contribution in [0.15, 0.2) is 24.3 Å². The average Bonchev–Trinajstić information content (AvgIpc) is 2.82. The highest BCUT2D eigenvalue weighted by Crippen LogP contribution is 2.15. The minimum Gasteiger partial charge on any atom is -0.492 e. The van der Waals surface area contributed by atoms with E-state index in [4.69, 9.17) is 9.47 Å². The molecule has 0 saturated carbocycles. The predicted molar refractivity (Wildman–Crippen MR) is 119 cm³/mol. The SMILES string of the molecule is CCN1CCN(CC(=O)NCc2cccc(OCCN(C)C3CCOCC3)c2)C(=O)C1=O. The van der Waals surface area contributed by atoms with Gasteiger partial charge in [0.1, 0.15) is 18.9 Å². The van der Waals surface area contributed by atoms with Crippen LogP contribution in [0.5, 0.6) is 5.75 Å². The third-order valence-electron chi connectivity index (χ3n) is 6.03. The lowest BCUT2D eigenvalue weighted by Gasteiger charge is -2.32. The van der Waals surface area contributed by atoms with Crippen LogP contribution in [0.3, 0.4) is 0 Å². The molecule has 3 amide bonds. The smallest absolute Gasteiger partial charge is 0.312 e. The third-order valence-corrected chi connectivity index (χ3v) is 6.03. The molecule has 2 fully saturated rings. The Morgan fingerprint density at radius 3 is 2.66 bits per heavy atom. The number of hydrogen-bond acceptors (Lipinski definition) is 6. The number of rotatable bonds is 10. The number of carbonyl (C=O) groups excluding carboxylic acids is 3. The fraction of sp³-hybridized carbons (Fsp3) is 0.609. The van der Waals surface area contributed by atoms with Gasteiger partial charge in [-0.25, -0.2) is 0 Å². The normalized spacial score (nSPS) is 17.7. The molecule has 1 aromatic carbocycles. The molecule has 0 aromatic heterocycles. The van der Waals surface area contributed by atoms with Crippen LogP contribution in [0.1, 0.15) is 25.3 Å². The van der Waals surface area contributed by atoms with Crippen LogP contribution >= 0.6 is 0 Å². The quantitative estimate of drug-likeness (QED) is 0.526. The van der Waals surface area contributed by atoms with E-state index in [9.17, 15) is 14.4 Å². The van der Waals surface area contributed by atoms with Crippen LogP contribution < -0.4 is 10.1 Å². The summed E-state index contributed by atoms with van der Waals surface area (Å²) in [5.41, 5.74) is 0.909. The summed E-state index contributed by atoms with van der Waals surface area (Å²) in [6.07, 6.45) is 2.11. The Hall–Kier alpha value is -2.65. The lowest BCUT2D eigenvalue weighted by atomic mass is 10.1. The molecule has 2 heterocycles. The maximum absolute atomic E-state index is 12.3. The van der Waals surface area contributed by atoms with E-state index in [-0.39, 0.29) is 12.5 Å². The van der Waals surface area contributed by atoms with Crippen molar-refractivity contribution < 1.29 is 23.9 Å². The number of nitrogens with zero attached hydrogens (tertiary/aromatic N) is 3. The van der Waals surface area contributed by atoms with Crippen molar-refractivity contribution in [3.63, 3.8) is 0 Å². The van der Waals surface area contributed by atoms with Gasteiger partial charge in [-0.2, -0.15) is 0 Å². The van der Waals surface area contributed by atoms with Crippen molar-refractivity contribution >= 4 is 17.7 Å². The molecule has 0 aliphatic carbocycles. The van der Waals surface area contributed by atoms with E-state index >= 15 is 0 Å². The molecule has 0 radical (unpaired) electrons. The van der Waals surface area contributed by atoms with Crippen molar-refractivity contribution in [2.45, 2.75) is 32.4 Å². The molecule has 0 bridgehead atoms. The van der Waals surface area contributed by atoms with Crippen LogP contribution in [-0.4, -0.2) is 98.1 Å². The molecule has 176 valence electrons. The molecule has 0 atom stereocenters. The molecule has 3 rings (SSSR count). The van der Waals surface area contributed by atoms with E-state index in [0.717, 1.165) is 43.9 Å². The zero-order valence-corrected chi connectivity index (χ0v) is 19.0. The highest BCUT2D eigenvalue weighted by molar-refractivity contribution is 6.35. The van der Waals surface area contributed by atoms with Crippen molar-refractivity contribution in [1.29, 1.82) is 0 Å². The van der Waals surface area contributed by atoms with Crippen molar-refractivity contribution in [2.75, 3.05) is 59.6 Å². The standard InChI is InChI=1S/C23H34N4O5/c1-3-26-9-10-27(23(30)22(26)29)17-21(28)24-16-18-5-4-6-20(15-18)32-14-11-25(2)19-7-12-31-13-8-19/h4-6,15,19H,3,7-14,16-17H2,1-2H3,(H,24,28). The van der Waals surface area contributed by atoms with Gasteiger partial charge in [-0.3, -0.25) is 19.3 Å². The Morgan fingerprint density at radius 1 is 1.19 bits per heavy atom. The van der Waals surface area contributed by atoms with Crippen molar-refractivity contribution in [1.82, 2.24) is 20.0 Å². The summed E-state index contributed by atoms with van der Waals surface area (Å²) in [5.74, 6) is -0.692. The number of nitrogens with one attached hydrogen (secondary N) is 1. The number of hydrogen-bond donors (Lipinski definition) is 1. The minimum atomic E-state index is -0.616. The Morgan fingerprint density at radius 2 is 1.91 bits per heavy atom. The van der Waals surface area contributed by atoms with Crippen LogP contribution in [0.25, 0.3) is 0 Å². The second-order valence-corrected chi connectivity index (χ2v) is 8.21. The number of benzene rings is 1. The molecule has 9 heteroatoms. The Labute approximate surface area is 189 Å². The number of amides is 3. The van der Waals surface area contributed by atoms with Gasteiger partial charge in [0, 0.05) is 52.0 Å². The summed E-state index contributed by atoms with van der Waals surface area (Å²) in [6, 6.07) is 8.16. The monoisotopic (exact) mass is 446 g/mol. The second-order valence-electron chi connectivity index (χ2n) is 8.21. The lowest BCUT2D eigenvalue weighted by molar-refractivity contribution is -0.156. The van der Waals surface area contributed by atoms with Gasteiger partial charge in [-0.1, -0.05) is 12.1 Å². The highest BCUT2D eigenvalue weighted by atomic mass is 16.5. The van der Waals surface area contributed by atoms with E-state index in [1.807, 2.05) is 31.2 Å².